The van der Waals surface area contributed by atoms with Crippen LogP contribution >= 0.6 is 0 Å². The molecule has 1 aliphatic carbocycles. The van der Waals surface area contributed by atoms with Crippen LogP contribution in [0, 0.1) is 11.8 Å². The van der Waals surface area contributed by atoms with E-state index in [9.17, 15) is 0 Å². The second-order valence-electron chi connectivity index (χ2n) is 7.29. The van der Waals surface area contributed by atoms with Gasteiger partial charge in [0.15, 0.2) is 0 Å². The summed E-state index contributed by atoms with van der Waals surface area (Å²) >= 11 is 0. The first-order valence-electron chi connectivity index (χ1n) is 7.97. The van der Waals surface area contributed by atoms with E-state index in [0.717, 1.165) is 11.8 Å². The van der Waals surface area contributed by atoms with Crippen LogP contribution in [0.3, 0.4) is 0 Å². The summed E-state index contributed by atoms with van der Waals surface area (Å²) in [4.78, 5) is 2.84. The Morgan fingerprint density at radius 3 is 2.44 bits per heavy atom. The van der Waals surface area contributed by atoms with E-state index in [0.29, 0.717) is 17.6 Å². The summed E-state index contributed by atoms with van der Waals surface area (Å²) in [6, 6.07) is 1.43. The van der Waals surface area contributed by atoms with Crippen molar-refractivity contribution < 1.29 is 0 Å². The average molecular weight is 252 g/mol. The molecule has 1 saturated heterocycles. The Hall–Kier alpha value is -0.0800. The molecule has 0 spiro atoms. The lowest BCUT2D eigenvalue weighted by Crippen LogP contribution is -2.64. The molecule has 2 rings (SSSR count). The van der Waals surface area contributed by atoms with Gasteiger partial charge in [-0.25, -0.2) is 0 Å². The smallest absolute Gasteiger partial charge is 0.0249 e. The molecule has 0 aromatic heterocycles. The third-order valence-electron chi connectivity index (χ3n) is 5.16. The van der Waals surface area contributed by atoms with Gasteiger partial charge in [0.1, 0.15) is 0 Å². The highest BCUT2D eigenvalue weighted by Gasteiger charge is 2.46. The van der Waals surface area contributed by atoms with Crippen molar-refractivity contribution in [3.63, 3.8) is 0 Å². The van der Waals surface area contributed by atoms with Gasteiger partial charge in [0.05, 0.1) is 0 Å². The number of hydrogen-bond donors (Lipinski definition) is 1. The van der Waals surface area contributed by atoms with E-state index in [2.05, 4.69) is 44.8 Å². The van der Waals surface area contributed by atoms with Crippen LogP contribution in [0.5, 0.6) is 0 Å². The third-order valence-corrected chi connectivity index (χ3v) is 5.16. The average Bonchev–Trinajstić information content (AvgIpc) is 3.13. The molecule has 1 saturated carbocycles. The molecule has 0 aromatic carbocycles. The van der Waals surface area contributed by atoms with Crippen molar-refractivity contribution in [1.29, 1.82) is 0 Å². The van der Waals surface area contributed by atoms with E-state index in [1.165, 1.54) is 38.8 Å². The maximum atomic E-state index is 3.77. The lowest BCUT2D eigenvalue weighted by molar-refractivity contribution is -0.00334. The summed E-state index contributed by atoms with van der Waals surface area (Å²) in [5.74, 6) is 1.69. The molecule has 18 heavy (non-hydrogen) atoms. The molecule has 1 heterocycles. The Labute approximate surface area is 114 Å². The van der Waals surface area contributed by atoms with Gasteiger partial charge in [-0.1, -0.05) is 27.2 Å². The van der Waals surface area contributed by atoms with Crippen molar-refractivity contribution in [3.05, 3.63) is 0 Å². The van der Waals surface area contributed by atoms with Crippen LogP contribution < -0.4 is 5.32 Å². The molecule has 2 aliphatic rings. The monoisotopic (exact) mass is 252 g/mol. The van der Waals surface area contributed by atoms with Crippen LogP contribution in [0.4, 0.5) is 0 Å². The van der Waals surface area contributed by atoms with Gasteiger partial charge in [-0.05, 0) is 44.9 Å². The largest absolute Gasteiger partial charge is 0.311 e. The van der Waals surface area contributed by atoms with Crippen LogP contribution in [0.1, 0.15) is 60.3 Å². The Balaban J connectivity index is 2.09. The van der Waals surface area contributed by atoms with Crippen LogP contribution in [0.2, 0.25) is 0 Å². The standard InChI is InChI=1S/C16H32N2/c1-6-7-14-11-18(15(10-17-14)12(2)3)16(4,5)13-8-9-13/h12-15,17H,6-11H2,1-5H3. The summed E-state index contributed by atoms with van der Waals surface area (Å²) in [6.07, 6.45) is 5.50. The van der Waals surface area contributed by atoms with Crippen LogP contribution in [-0.4, -0.2) is 35.6 Å². The zero-order chi connectivity index (χ0) is 13.3. The Morgan fingerprint density at radius 1 is 1.28 bits per heavy atom. The Kier molecular flexibility index (Phi) is 4.38. The van der Waals surface area contributed by atoms with Gasteiger partial charge < -0.3 is 5.32 Å². The van der Waals surface area contributed by atoms with Gasteiger partial charge in [-0.2, -0.15) is 0 Å². The second kappa shape index (κ2) is 5.50. The van der Waals surface area contributed by atoms with Crippen molar-refractivity contribution in [2.45, 2.75) is 77.9 Å². The van der Waals surface area contributed by atoms with E-state index in [1.54, 1.807) is 0 Å². The minimum Gasteiger partial charge on any atom is -0.311 e. The van der Waals surface area contributed by atoms with Gasteiger partial charge in [0, 0.05) is 30.7 Å². The highest BCUT2D eigenvalue weighted by molar-refractivity contribution is 5.02. The fourth-order valence-corrected chi connectivity index (χ4v) is 3.66. The highest BCUT2D eigenvalue weighted by Crippen LogP contribution is 2.44. The lowest BCUT2D eigenvalue weighted by atomic mass is 9.87. The van der Waals surface area contributed by atoms with Crippen LogP contribution in [0.25, 0.3) is 0 Å². The zero-order valence-electron chi connectivity index (χ0n) is 13.0. The van der Waals surface area contributed by atoms with Gasteiger partial charge in [-0.15, -0.1) is 0 Å². The molecule has 2 unspecified atom stereocenters. The summed E-state index contributed by atoms with van der Waals surface area (Å²) < 4.78 is 0. The van der Waals surface area contributed by atoms with Crippen LogP contribution in [-0.2, 0) is 0 Å². The van der Waals surface area contributed by atoms with Gasteiger partial charge in [0.2, 0.25) is 0 Å². The highest BCUT2D eigenvalue weighted by atomic mass is 15.3. The fourth-order valence-electron chi connectivity index (χ4n) is 3.66. The number of rotatable bonds is 5. The summed E-state index contributed by atoms with van der Waals surface area (Å²) in [6.45, 7) is 14.4. The molecule has 0 bridgehead atoms. The maximum absolute atomic E-state index is 3.77. The Morgan fingerprint density at radius 2 is 1.94 bits per heavy atom. The normalized spacial score (nSPS) is 31.0. The van der Waals surface area contributed by atoms with E-state index < -0.39 is 0 Å². The molecule has 2 atom stereocenters. The maximum Gasteiger partial charge on any atom is 0.0249 e. The van der Waals surface area contributed by atoms with Gasteiger partial charge in [-0.3, -0.25) is 4.90 Å². The minimum absolute atomic E-state index is 0.406. The molecule has 2 heteroatoms. The predicted molar refractivity (Wildman–Crippen MR) is 78.8 cm³/mol. The van der Waals surface area contributed by atoms with Crippen molar-refractivity contribution in [3.8, 4) is 0 Å². The molecule has 1 N–H and O–H groups in total. The van der Waals surface area contributed by atoms with E-state index in [-0.39, 0.29) is 0 Å². The summed E-state index contributed by atoms with van der Waals surface area (Å²) in [5.41, 5.74) is 0.406. The topological polar surface area (TPSA) is 15.3 Å². The number of nitrogens with one attached hydrogen (secondary N) is 1. The fraction of sp³-hybridized carbons (Fsp3) is 1.00. The SMILES string of the molecule is CCCC1CN(C(C)(C)C2CC2)C(C(C)C)CN1. The lowest BCUT2D eigenvalue weighted by Gasteiger charge is -2.51. The molecule has 0 aromatic rings. The Bertz CT molecular complexity index is 268. The number of hydrogen-bond acceptors (Lipinski definition) is 2. The predicted octanol–water partition coefficient (Wildman–Crippen LogP) is 3.27. The summed E-state index contributed by atoms with van der Waals surface area (Å²) in [5, 5.41) is 3.77. The molecule has 106 valence electrons. The first-order valence-corrected chi connectivity index (χ1v) is 7.97. The van der Waals surface area contributed by atoms with Crippen LogP contribution in [0.15, 0.2) is 0 Å². The molecule has 0 amide bonds. The molecule has 2 fully saturated rings. The quantitative estimate of drug-likeness (QED) is 0.808. The second-order valence-corrected chi connectivity index (χ2v) is 7.29. The molecule has 2 nitrogen and oxygen atoms in total. The van der Waals surface area contributed by atoms with Crippen molar-refractivity contribution in [2.75, 3.05) is 13.1 Å². The summed E-state index contributed by atoms with van der Waals surface area (Å²) in [7, 11) is 0. The van der Waals surface area contributed by atoms with Crippen molar-refractivity contribution in [2.24, 2.45) is 11.8 Å². The van der Waals surface area contributed by atoms with E-state index in [4.69, 9.17) is 0 Å². The van der Waals surface area contributed by atoms with Gasteiger partial charge >= 0.3 is 0 Å². The van der Waals surface area contributed by atoms with Crippen molar-refractivity contribution >= 4 is 0 Å². The number of piperazine rings is 1. The van der Waals surface area contributed by atoms with Gasteiger partial charge in [0.25, 0.3) is 0 Å². The minimum atomic E-state index is 0.406. The number of nitrogens with zero attached hydrogens (tertiary/aromatic N) is 1. The molecular formula is C16H32N2. The van der Waals surface area contributed by atoms with E-state index >= 15 is 0 Å². The molecule has 0 radical (unpaired) electrons. The van der Waals surface area contributed by atoms with Crippen molar-refractivity contribution in [1.82, 2.24) is 10.2 Å². The third kappa shape index (κ3) is 2.91. The first-order chi connectivity index (χ1) is 8.46. The van der Waals surface area contributed by atoms with E-state index in [1.807, 2.05) is 0 Å². The molecule has 1 aliphatic heterocycles. The zero-order valence-corrected chi connectivity index (χ0v) is 13.0. The molecular weight excluding hydrogens is 220 g/mol. The first kappa shape index (κ1) is 14.3.